The van der Waals surface area contributed by atoms with Gasteiger partial charge in [-0.1, -0.05) is 22.9 Å². The Bertz CT molecular complexity index is 1210. The molecule has 0 spiro atoms. The lowest BCUT2D eigenvalue weighted by atomic mass is 9.88. The van der Waals surface area contributed by atoms with Crippen molar-refractivity contribution in [2.24, 2.45) is 5.92 Å². The Kier molecular flexibility index (Phi) is 6.71. The molecule has 5 rings (SSSR count). The Morgan fingerprint density at radius 2 is 1.92 bits per heavy atom. The van der Waals surface area contributed by atoms with Crippen LogP contribution >= 0.6 is 0 Å². The number of ether oxygens (including phenoxy) is 2. The molecule has 0 saturated carbocycles. The van der Waals surface area contributed by atoms with Crippen molar-refractivity contribution in [3.05, 3.63) is 59.5 Å². The van der Waals surface area contributed by atoms with Crippen molar-refractivity contribution in [1.82, 2.24) is 20.4 Å². The lowest BCUT2D eigenvalue weighted by Gasteiger charge is -2.39. The number of hydrogen-bond donors (Lipinski definition) is 1. The zero-order valence-electron chi connectivity index (χ0n) is 21.4. The van der Waals surface area contributed by atoms with Crippen molar-refractivity contribution < 1.29 is 18.8 Å². The summed E-state index contributed by atoms with van der Waals surface area (Å²) in [4.78, 5) is 20.0. The maximum absolute atomic E-state index is 13.2. The van der Waals surface area contributed by atoms with Gasteiger partial charge in [-0.15, -0.1) is 0 Å². The van der Waals surface area contributed by atoms with Crippen molar-refractivity contribution >= 4 is 5.91 Å². The maximum Gasteiger partial charge on any atom is 0.241 e. The van der Waals surface area contributed by atoms with E-state index in [9.17, 15) is 4.79 Å². The largest absolute Gasteiger partial charge is 0.497 e. The predicted octanol–water partition coefficient (Wildman–Crippen LogP) is 4.68. The highest BCUT2D eigenvalue weighted by Gasteiger charge is 2.36. The Hall–Kier alpha value is -3.39. The van der Waals surface area contributed by atoms with Gasteiger partial charge in [0.05, 0.1) is 19.7 Å². The molecule has 1 fully saturated rings. The molecule has 1 amide bonds. The first-order chi connectivity index (χ1) is 17.3. The second-order valence-electron chi connectivity index (χ2n) is 10.5. The van der Waals surface area contributed by atoms with Crippen molar-refractivity contribution in [2.45, 2.75) is 58.2 Å². The molecule has 2 aromatic carbocycles. The monoisotopic (exact) mass is 490 g/mol. The van der Waals surface area contributed by atoms with Crippen LogP contribution in [0.25, 0.3) is 11.4 Å². The van der Waals surface area contributed by atoms with E-state index in [1.54, 1.807) is 7.11 Å². The van der Waals surface area contributed by atoms with Gasteiger partial charge in [-0.05, 0) is 77.0 Å². The van der Waals surface area contributed by atoms with Crippen LogP contribution in [0.15, 0.2) is 47.0 Å². The predicted molar refractivity (Wildman–Crippen MR) is 136 cm³/mol. The van der Waals surface area contributed by atoms with Gasteiger partial charge in [0.1, 0.15) is 17.1 Å². The molecule has 36 heavy (non-hydrogen) atoms. The summed E-state index contributed by atoms with van der Waals surface area (Å²) in [5.74, 6) is 2.93. The van der Waals surface area contributed by atoms with E-state index in [4.69, 9.17) is 14.0 Å². The Balaban J connectivity index is 1.16. The maximum atomic E-state index is 13.2. The number of aryl methyl sites for hydroxylation is 1. The standard InChI is InChI=1S/C28H34N4O4/c1-18-5-10-24-22(15-18)23(16-28(2,3)35-24)29-27(33)20-11-13-32(14-12-20)17-25-30-26(31-36-25)19-6-8-21(34-4)9-7-19/h5-10,15,20,23H,11-14,16-17H2,1-4H3,(H,29,33). The number of benzene rings is 2. The molecule has 3 aromatic rings. The molecule has 1 aromatic heterocycles. The van der Waals surface area contributed by atoms with Crippen molar-refractivity contribution in [3.8, 4) is 22.9 Å². The molecule has 3 heterocycles. The quantitative estimate of drug-likeness (QED) is 0.536. The number of rotatable bonds is 6. The number of piperidine rings is 1. The van der Waals surface area contributed by atoms with E-state index in [1.807, 2.05) is 30.3 Å². The molecule has 1 N–H and O–H groups in total. The Morgan fingerprint density at radius 3 is 2.64 bits per heavy atom. The number of fused-ring (bicyclic) bond motifs is 1. The highest BCUT2D eigenvalue weighted by Crippen LogP contribution is 2.40. The third kappa shape index (κ3) is 5.38. The molecule has 0 aliphatic carbocycles. The molecule has 8 nitrogen and oxygen atoms in total. The number of nitrogens with one attached hydrogen (secondary N) is 1. The molecule has 2 aliphatic rings. The third-order valence-corrected chi connectivity index (χ3v) is 7.07. The van der Waals surface area contributed by atoms with Gasteiger partial charge in [0.2, 0.25) is 17.6 Å². The number of carbonyl (C=O) groups is 1. The van der Waals surface area contributed by atoms with Gasteiger partial charge < -0.3 is 19.3 Å². The van der Waals surface area contributed by atoms with Gasteiger partial charge in [-0.3, -0.25) is 9.69 Å². The minimum absolute atomic E-state index is 0.00184. The van der Waals surface area contributed by atoms with Crippen LogP contribution in [0.3, 0.4) is 0 Å². The van der Waals surface area contributed by atoms with E-state index in [1.165, 1.54) is 5.56 Å². The minimum Gasteiger partial charge on any atom is -0.497 e. The summed E-state index contributed by atoms with van der Waals surface area (Å²) in [5.41, 5.74) is 2.80. The van der Waals surface area contributed by atoms with Crippen LogP contribution in [0.5, 0.6) is 11.5 Å². The van der Waals surface area contributed by atoms with Gasteiger partial charge in [0.25, 0.3) is 0 Å². The number of amides is 1. The molecule has 1 saturated heterocycles. The lowest BCUT2D eigenvalue weighted by Crippen LogP contribution is -2.45. The minimum atomic E-state index is -0.321. The van der Waals surface area contributed by atoms with Crippen LogP contribution in [-0.2, 0) is 11.3 Å². The first-order valence-electron chi connectivity index (χ1n) is 12.6. The second-order valence-corrected chi connectivity index (χ2v) is 10.5. The Morgan fingerprint density at radius 1 is 1.17 bits per heavy atom. The number of methoxy groups -OCH3 is 1. The second kappa shape index (κ2) is 9.93. The fourth-order valence-electron chi connectivity index (χ4n) is 5.11. The molecule has 0 bridgehead atoms. The van der Waals surface area contributed by atoms with E-state index in [-0.39, 0.29) is 23.5 Å². The third-order valence-electron chi connectivity index (χ3n) is 7.07. The van der Waals surface area contributed by atoms with Crippen molar-refractivity contribution in [3.63, 3.8) is 0 Å². The summed E-state index contributed by atoms with van der Waals surface area (Å²) in [6.45, 7) is 8.42. The van der Waals surface area contributed by atoms with E-state index in [2.05, 4.69) is 53.3 Å². The molecular weight excluding hydrogens is 456 g/mol. The van der Waals surface area contributed by atoms with Crippen LogP contribution in [-0.4, -0.2) is 46.7 Å². The summed E-state index contributed by atoms with van der Waals surface area (Å²) < 4.78 is 16.9. The molecule has 190 valence electrons. The summed E-state index contributed by atoms with van der Waals surface area (Å²) in [6.07, 6.45) is 2.36. The number of hydrogen-bond acceptors (Lipinski definition) is 7. The average molecular weight is 491 g/mol. The molecule has 1 atom stereocenters. The summed E-state index contributed by atoms with van der Waals surface area (Å²) in [6, 6.07) is 13.7. The summed E-state index contributed by atoms with van der Waals surface area (Å²) in [5, 5.41) is 7.46. The van der Waals surface area contributed by atoms with Crippen LogP contribution in [0.2, 0.25) is 0 Å². The fraction of sp³-hybridized carbons (Fsp3) is 0.464. The topological polar surface area (TPSA) is 89.7 Å². The SMILES string of the molecule is COc1ccc(-c2noc(CN3CCC(C(=O)NC4CC(C)(C)Oc5ccc(C)cc54)CC3)n2)cc1. The van der Waals surface area contributed by atoms with E-state index >= 15 is 0 Å². The average Bonchev–Trinajstić information content (AvgIpc) is 3.33. The Labute approximate surface area is 212 Å². The normalized spacial score (nSPS) is 19.8. The van der Waals surface area contributed by atoms with E-state index < -0.39 is 0 Å². The summed E-state index contributed by atoms with van der Waals surface area (Å²) in [7, 11) is 1.64. The highest BCUT2D eigenvalue weighted by atomic mass is 16.5. The zero-order valence-corrected chi connectivity index (χ0v) is 21.4. The van der Waals surface area contributed by atoms with Crippen molar-refractivity contribution in [2.75, 3.05) is 20.2 Å². The first kappa shape index (κ1) is 24.3. The fourth-order valence-corrected chi connectivity index (χ4v) is 5.11. The number of carbonyl (C=O) groups excluding carboxylic acids is 1. The number of likely N-dealkylation sites (tertiary alicyclic amines) is 1. The number of aromatic nitrogens is 2. The lowest BCUT2D eigenvalue weighted by molar-refractivity contribution is -0.127. The van der Waals surface area contributed by atoms with Crippen molar-refractivity contribution in [1.29, 1.82) is 0 Å². The van der Waals surface area contributed by atoms with Crippen LogP contribution in [0.4, 0.5) is 0 Å². The first-order valence-corrected chi connectivity index (χ1v) is 12.6. The molecule has 8 heteroatoms. The van der Waals surface area contributed by atoms with Gasteiger partial charge in [0.15, 0.2) is 0 Å². The zero-order chi connectivity index (χ0) is 25.3. The number of nitrogens with zero attached hydrogens (tertiary/aromatic N) is 3. The molecule has 0 radical (unpaired) electrons. The van der Waals surface area contributed by atoms with Crippen LogP contribution < -0.4 is 14.8 Å². The summed E-state index contributed by atoms with van der Waals surface area (Å²) >= 11 is 0. The molecule has 2 aliphatic heterocycles. The van der Waals surface area contributed by atoms with Gasteiger partial charge in [-0.25, -0.2) is 0 Å². The van der Waals surface area contributed by atoms with Crippen LogP contribution in [0, 0.1) is 12.8 Å². The molecular formula is C28H34N4O4. The smallest absolute Gasteiger partial charge is 0.241 e. The van der Waals surface area contributed by atoms with Crippen LogP contribution in [0.1, 0.15) is 56.2 Å². The van der Waals surface area contributed by atoms with Gasteiger partial charge in [0, 0.05) is 23.5 Å². The highest BCUT2D eigenvalue weighted by molar-refractivity contribution is 5.79. The van der Waals surface area contributed by atoms with E-state index in [0.29, 0.717) is 18.3 Å². The van der Waals surface area contributed by atoms with Gasteiger partial charge in [-0.2, -0.15) is 4.98 Å². The van der Waals surface area contributed by atoms with Gasteiger partial charge >= 0.3 is 0 Å². The van der Waals surface area contributed by atoms with E-state index in [0.717, 1.165) is 55.0 Å². The molecule has 1 unspecified atom stereocenters.